The van der Waals surface area contributed by atoms with Crippen molar-refractivity contribution in [2.24, 2.45) is 5.92 Å². The van der Waals surface area contributed by atoms with E-state index in [0.29, 0.717) is 24.4 Å². The van der Waals surface area contributed by atoms with Gasteiger partial charge in [0.2, 0.25) is 10.3 Å². The lowest BCUT2D eigenvalue weighted by atomic mass is 9.88. The smallest absolute Gasteiger partial charge is 0.307 e. The molecule has 0 spiro atoms. The Morgan fingerprint density at radius 1 is 1.23 bits per heavy atom. The van der Waals surface area contributed by atoms with Gasteiger partial charge < -0.3 is 5.11 Å². The minimum absolute atomic E-state index is 0.310. The van der Waals surface area contributed by atoms with Gasteiger partial charge in [-0.15, -0.1) is 0 Å². The summed E-state index contributed by atoms with van der Waals surface area (Å²) in [6.07, 6.45) is 4.83. The molecule has 0 radical (unpaired) electrons. The van der Waals surface area contributed by atoms with Gasteiger partial charge in [-0.05, 0) is 36.6 Å². The zero-order chi connectivity index (χ0) is 15.7. The molecule has 1 fully saturated rings. The van der Waals surface area contributed by atoms with Crippen LogP contribution in [0.3, 0.4) is 0 Å². The molecule has 5 nitrogen and oxygen atoms in total. The van der Waals surface area contributed by atoms with Gasteiger partial charge in [0, 0.05) is 6.54 Å². The van der Waals surface area contributed by atoms with Crippen molar-refractivity contribution < 1.29 is 18.3 Å². The third-order valence-corrected chi connectivity index (χ3v) is 5.09. The SMILES string of the molecule is O=C(O)C1CCCN(C2C(=S(=O)=O)C=Cc3ccccc32)C1. The molecule has 1 saturated heterocycles. The number of hydrogen-bond acceptors (Lipinski definition) is 4. The van der Waals surface area contributed by atoms with Gasteiger partial charge >= 0.3 is 5.97 Å². The molecule has 6 heteroatoms. The number of carboxylic acids is 1. The first-order chi connectivity index (χ1) is 10.6. The average molecular weight is 319 g/mol. The molecular formula is C16H17NO4S. The van der Waals surface area contributed by atoms with E-state index in [1.807, 2.05) is 29.2 Å². The summed E-state index contributed by atoms with van der Waals surface area (Å²) >= 11 is 0. The lowest BCUT2D eigenvalue weighted by molar-refractivity contribution is -0.143. The first kappa shape index (κ1) is 15.0. The molecule has 1 aromatic carbocycles. The number of likely N-dealkylation sites (tertiary alicyclic amines) is 1. The van der Waals surface area contributed by atoms with E-state index in [2.05, 4.69) is 0 Å². The van der Waals surface area contributed by atoms with Crippen molar-refractivity contribution >= 4 is 27.2 Å². The molecule has 0 aromatic heterocycles. The van der Waals surface area contributed by atoms with E-state index in [-0.39, 0.29) is 6.04 Å². The summed E-state index contributed by atoms with van der Waals surface area (Å²) in [6.45, 7) is 1.08. The Bertz CT molecular complexity index is 758. The normalized spacial score (nSPS) is 24.8. The zero-order valence-electron chi connectivity index (χ0n) is 12.0. The molecule has 2 atom stereocenters. The van der Waals surface area contributed by atoms with E-state index in [9.17, 15) is 18.3 Å². The molecule has 0 amide bonds. The Morgan fingerprint density at radius 3 is 2.73 bits per heavy atom. The highest BCUT2D eigenvalue weighted by Crippen LogP contribution is 2.33. The monoisotopic (exact) mass is 319 g/mol. The Hall–Kier alpha value is -1.92. The number of nitrogens with zero attached hydrogens (tertiary/aromatic N) is 1. The predicted octanol–water partition coefficient (Wildman–Crippen LogP) is 1.60. The fourth-order valence-electron chi connectivity index (χ4n) is 3.29. The summed E-state index contributed by atoms with van der Waals surface area (Å²) in [5.41, 5.74) is 1.91. The summed E-state index contributed by atoms with van der Waals surface area (Å²) < 4.78 is 23.2. The number of piperidine rings is 1. The second kappa shape index (κ2) is 6.06. The molecule has 0 bridgehead atoms. The molecular weight excluding hydrogens is 302 g/mol. The van der Waals surface area contributed by atoms with Crippen LogP contribution < -0.4 is 0 Å². The molecule has 116 valence electrons. The third-order valence-electron chi connectivity index (χ3n) is 4.35. The largest absolute Gasteiger partial charge is 0.481 e. The van der Waals surface area contributed by atoms with Crippen LogP contribution in [-0.4, -0.2) is 42.3 Å². The van der Waals surface area contributed by atoms with Crippen LogP contribution in [0, 0.1) is 5.92 Å². The lowest BCUT2D eigenvalue weighted by Crippen LogP contribution is -2.44. The van der Waals surface area contributed by atoms with Crippen molar-refractivity contribution in [1.82, 2.24) is 4.90 Å². The second-order valence-electron chi connectivity index (χ2n) is 5.67. The number of benzene rings is 1. The molecule has 2 unspecified atom stereocenters. The number of fused-ring (bicyclic) bond motifs is 1. The van der Waals surface area contributed by atoms with Crippen molar-refractivity contribution in [3.8, 4) is 0 Å². The topological polar surface area (TPSA) is 74.7 Å². The van der Waals surface area contributed by atoms with Gasteiger partial charge in [-0.25, -0.2) is 0 Å². The van der Waals surface area contributed by atoms with Gasteiger partial charge in [0.25, 0.3) is 0 Å². The van der Waals surface area contributed by atoms with Crippen LogP contribution in [0.4, 0.5) is 0 Å². The minimum Gasteiger partial charge on any atom is -0.481 e. The summed E-state index contributed by atoms with van der Waals surface area (Å²) in [5.74, 6) is -1.25. The van der Waals surface area contributed by atoms with Gasteiger partial charge in [0.15, 0.2) is 0 Å². The fourth-order valence-corrected chi connectivity index (χ4v) is 3.93. The average Bonchev–Trinajstić information content (AvgIpc) is 2.53. The number of rotatable bonds is 2. The lowest BCUT2D eigenvalue weighted by Gasteiger charge is -2.38. The standard InChI is InChI=1S/C16H17NO4S/c18-16(19)12-5-3-9-17(10-12)15-13-6-2-1-4-11(13)7-8-14(15)22(20)21/h1-2,4,6-8,12,15H,3,5,9-10H2,(H,18,19). The van der Waals surface area contributed by atoms with E-state index < -0.39 is 22.2 Å². The van der Waals surface area contributed by atoms with Gasteiger partial charge in [-0.1, -0.05) is 30.3 Å². The maximum atomic E-state index is 11.6. The minimum atomic E-state index is -2.32. The van der Waals surface area contributed by atoms with Crippen molar-refractivity contribution in [1.29, 1.82) is 0 Å². The number of hydrogen-bond donors (Lipinski definition) is 1. The molecule has 2 aliphatic rings. The number of carboxylic acid groups (broad SMARTS) is 1. The zero-order valence-corrected chi connectivity index (χ0v) is 12.8. The Labute approximate surface area is 130 Å². The quantitative estimate of drug-likeness (QED) is 0.838. The maximum Gasteiger partial charge on any atom is 0.307 e. The second-order valence-corrected chi connectivity index (χ2v) is 6.62. The number of aliphatic carboxylic acids is 1. The van der Waals surface area contributed by atoms with Gasteiger partial charge in [0.05, 0.1) is 16.8 Å². The van der Waals surface area contributed by atoms with E-state index in [0.717, 1.165) is 17.5 Å². The highest BCUT2D eigenvalue weighted by atomic mass is 32.2. The highest BCUT2D eigenvalue weighted by Gasteiger charge is 2.34. The van der Waals surface area contributed by atoms with E-state index in [1.54, 1.807) is 12.2 Å². The van der Waals surface area contributed by atoms with E-state index in [1.165, 1.54) is 0 Å². The van der Waals surface area contributed by atoms with Crippen LogP contribution in [0.5, 0.6) is 0 Å². The van der Waals surface area contributed by atoms with Crippen LogP contribution in [-0.2, 0) is 15.1 Å². The van der Waals surface area contributed by atoms with Gasteiger partial charge in [-0.3, -0.25) is 9.69 Å². The maximum absolute atomic E-state index is 11.6. The van der Waals surface area contributed by atoms with Gasteiger partial charge in [-0.2, -0.15) is 8.42 Å². The Morgan fingerprint density at radius 2 is 2.00 bits per heavy atom. The molecule has 3 rings (SSSR count). The summed E-state index contributed by atoms with van der Waals surface area (Å²) in [5, 5.41) is 9.26. The third kappa shape index (κ3) is 2.71. The van der Waals surface area contributed by atoms with Crippen LogP contribution in [0.1, 0.15) is 30.0 Å². The van der Waals surface area contributed by atoms with Crippen LogP contribution >= 0.6 is 0 Å². The highest BCUT2D eigenvalue weighted by molar-refractivity contribution is 7.73. The molecule has 0 saturated carbocycles. The van der Waals surface area contributed by atoms with Crippen LogP contribution in [0.25, 0.3) is 6.08 Å². The van der Waals surface area contributed by atoms with Crippen molar-refractivity contribution in [2.45, 2.75) is 18.9 Å². The van der Waals surface area contributed by atoms with Gasteiger partial charge in [0.1, 0.15) is 0 Å². The molecule has 1 N–H and O–H groups in total. The molecule has 1 heterocycles. The first-order valence-electron chi connectivity index (χ1n) is 7.28. The van der Waals surface area contributed by atoms with Crippen molar-refractivity contribution in [3.63, 3.8) is 0 Å². The van der Waals surface area contributed by atoms with Crippen molar-refractivity contribution in [3.05, 3.63) is 41.5 Å². The number of carbonyl (C=O) groups is 1. The van der Waals surface area contributed by atoms with Crippen molar-refractivity contribution in [2.75, 3.05) is 13.1 Å². The fraction of sp³-hybridized carbons (Fsp3) is 0.375. The van der Waals surface area contributed by atoms with Crippen LogP contribution in [0.15, 0.2) is 30.3 Å². The van der Waals surface area contributed by atoms with E-state index >= 15 is 0 Å². The molecule has 22 heavy (non-hydrogen) atoms. The van der Waals surface area contributed by atoms with E-state index in [4.69, 9.17) is 0 Å². The Kier molecular flexibility index (Phi) is 4.13. The summed E-state index contributed by atoms with van der Waals surface area (Å²) in [6, 6.07) is 7.27. The van der Waals surface area contributed by atoms with Crippen LogP contribution in [0.2, 0.25) is 0 Å². The molecule has 1 aliphatic heterocycles. The Balaban J connectivity index is 2.04. The molecule has 1 aromatic rings. The summed E-state index contributed by atoms with van der Waals surface area (Å²) in [4.78, 5) is 13.6. The molecule has 1 aliphatic carbocycles. The predicted molar refractivity (Wildman–Crippen MR) is 84.1 cm³/mol. The summed E-state index contributed by atoms with van der Waals surface area (Å²) in [7, 11) is -2.32. The first-order valence-corrected chi connectivity index (χ1v) is 8.35.